The predicted octanol–water partition coefficient (Wildman–Crippen LogP) is 5.56. The monoisotopic (exact) mass is 526 g/mol. The number of carbonyl (C=O) groups is 3. The average Bonchev–Trinajstić information content (AvgIpc) is 3.32. The van der Waals surface area contributed by atoms with Crippen LogP contribution in [-0.2, 0) is 11.2 Å². The molecule has 1 heterocycles. The van der Waals surface area contributed by atoms with Crippen LogP contribution in [0.25, 0.3) is 11.1 Å². The summed E-state index contributed by atoms with van der Waals surface area (Å²) >= 11 is 0. The van der Waals surface area contributed by atoms with Gasteiger partial charge >= 0.3 is 0 Å². The van der Waals surface area contributed by atoms with Gasteiger partial charge in [0.25, 0.3) is 0 Å². The number of nitrogens with two attached hydrogens (primary N) is 1. The molecular formula is C32H38N4O3. The molecule has 3 aromatic rings. The highest BCUT2D eigenvalue weighted by Crippen LogP contribution is 2.24. The van der Waals surface area contributed by atoms with Crippen molar-refractivity contribution in [1.29, 1.82) is 5.26 Å². The van der Waals surface area contributed by atoms with E-state index in [4.69, 9.17) is 11.0 Å². The third-order valence-corrected chi connectivity index (χ3v) is 6.23. The lowest BCUT2D eigenvalue weighted by Crippen LogP contribution is -2.40. The van der Waals surface area contributed by atoms with Gasteiger partial charge in [-0.25, -0.2) is 5.01 Å². The summed E-state index contributed by atoms with van der Waals surface area (Å²) in [5, 5.41) is 12.8. The molecule has 0 radical (unpaired) electrons. The van der Waals surface area contributed by atoms with Crippen LogP contribution in [-0.4, -0.2) is 47.8 Å². The van der Waals surface area contributed by atoms with Gasteiger partial charge in [0, 0.05) is 37.2 Å². The number of nitriles is 1. The van der Waals surface area contributed by atoms with E-state index in [1.54, 1.807) is 18.2 Å². The van der Waals surface area contributed by atoms with Crippen LogP contribution in [0, 0.1) is 18.3 Å². The van der Waals surface area contributed by atoms with Crippen molar-refractivity contribution < 1.29 is 14.4 Å². The van der Waals surface area contributed by atoms with E-state index in [1.807, 2.05) is 74.3 Å². The number of rotatable bonds is 8. The Morgan fingerprint density at radius 1 is 1.05 bits per heavy atom. The van der Waals surface area contributed by atoms with Gasteiger partial charge in [-0.15, -0.1) is 0 Å². The molecule has 39 heavy (non-hydrogen) atoms. The molecule has 0 saturated carbocycles. The molecule has 1 fully saturated rings. The number of nitrogens with zero attached hydrogens (tertiary/aromatic N) is 3. The fourth-order valence-electron chi connectivity index (χ4n) is 4.29. The first-order chi connectivity index (χ1) is 18.9. The zero-order chi connectivity index (χ0) is 28.8. The van der Waals surface area contributed by atoms with Crippen molar-refractivity contribution in [3.05, 3.63) is 94.5 Å². The summed E-state index contributed by atoms with van der Waals surface area (Å²) < 4.78 is 0. The zero-order valence-electron chi connectivity index (χ0n) is 23.3. The summed E-state index contributed by atoms with van der Waals surface area (Å²) in [7, 11) is 0. The Balaban J connectivity index is 0.000000258. The van der Waals surface area contributed by atoms with Gasteiger partial charge in [0.15, 0.2) is 0 Å². The van der Waals surface area contributed by atoms with Crippen molar-refractivity contribution in [3.8, 4) is 17.2 Å². The second-order valence-electron chi connectivity index (χ2n) is 8.92. The van der Waals surface area contributed by atoms with E-state index in [9.17, 15) is 14.4 Å². The summed E-state index contributed by atoms with van der Waals surface area (Å²) in [5.41, 5.74) is 11.1. The molecule has 1 aliphatic heterocycles. The first-order valence-electron chi connectivity index (χ1n) is 13.4. The SMILES string of the molecule is CC.CCCN1CCC(=O)N1CCc1ccc(C#N)cc1.Cc1cc(C(N)=O)ccc1-c1cccc(C=O)c1. The van der Waals surface area contributed by atoms with Crippen LogP contribution >= 0.6 is 0 Å². The molecule has 0 bridgehead atoms. The molecule has 2 N–H and O–H groups in total. The molecule has 1 saturated heterocycles. The molecule has 0 unspecified atom stereocenters. The van der Waals surface area contributed by atoms with Crippen LogP contribution in [0.1, 0.15) is 71.0 Å². The summed E-state index contributed by atoms with van der Waals surface area (Å²) in [6.45, 7) is 10.6. The van der Waals surface area contributed by atoms with E-state index in [0.29, 0.717) is 23.1 Å². The number of benzene rings is 3. The minimum absolute atomic E-state index is 0.224. The summed E-state index contributed by atoms with van der Waals surface area (Å²) in [6.07, 6.45) is 3.34. The molecule has 1 aliphatic rings. The molecule has 7 nitrogen and oxygen atoms in total. The second-order valence-corrected chi connectivity index (χ2v) is 8.92. The van der Waals surface area contributed by atoms with Gasteiger partial charge < -0.3 is 5.73 Å². The van der Waals surface area contributed by atoms with Crippen LogP contribution in [0.3, 0.4) is 0 Å². The van der Waals surface area contributed by atoms with Crippen molar-refractivity contribution in [1.82, 2.24) is 10.0 Å². The van der Waals surface area contributed by atoms with Gasteiger partial charge in [0.05, 0.1) is 11.6 Å². The van der Waals surface area contributed by atoms with E-state index < -0.39 is 5.91 Å². The number of carbonyl (C=O) groups excluding carboxylic acids is 3. The molecule has 0 aliphatic carbocycles. The van der Waals surface area contributed by atoms with Gasteiger partial charge in [0.1, 0.15) is 6.29 Å². The standard InChI is InChI=1S/C15H19N3O.C15H13NO2.C2H6/c1-2-9-17-10-8-15(19)18(17)11-7-13-3-5-14(12-16)6-4-13;1-10-7-13(15(16)18)5-6-14(10)12-4-2-3-11(8-12)9-17;1-2/h3-6H,2,7-11H2,1H3;2-9H,1H3,(H2,16,18);1-2H3. The zero-order valence-corrected chi connectivity index (χ0v) is 23.3. The lowest BCUT2D eigenvalue weighted by Gasteiger charge is -2.27. The van der Waals surface area contributed by atoms with Crippen molar-refractivity contribution >= 4 is 18.1 Å². The maximum atomic E-state index is 11.8. The van der Waals surface area contributed by atoms with Crippen molar-refractivity contribution in [3.63, 3.8) is 0 Å². The average molecular weight is 527 g/mol. The smallest absolute Gasteiger partial charge is 0.248 e. The fourth-order valence-corrected chi connectivity index (χ4v) is 4.29. The van der Waals surface area contributed by atoms with Crippen LogP contribution in [0.5, 0.6) is 0 Å². The minimum atomic E-state index is -0.439. The molecule has 7 heteroatoms. The Kier molecular flexibility index (Phi) is 12.6. The van der Waals surface area contributed by atoms with E-state index in [0.717, 1.165) is 61.0 Å². The topological polar surface area (TPSA) is 108 Å². The highest BCUT2D eigenvalue weighted by atomic mass is 16.2. The van der Waals surface area contributed by atoms with E-state index in [1.165, 1.54) is 0 Å². The number of amides is 2. The predicted molar refractivity (Wildman–Crippen MR) is 155 cm³/mol. The van der Waals surface area contributed by atoms with E-state index >= 15 is 0 Å². The van der Waals surface area contributed by atoms with Crippen LogP contribution in [0.15, 0.2) is 66.7 Å². The minimum Gasteiger partial charge on any atom is -0.366 e. The summed E-state index contributed by atoms with van der Waals surface area (Å²) in [5.74, 6) is -0.214. The fraction of sp³-hybridized carbons (Fsp3) is 0.312. The Hall–Kier alpha value is -4.28. The Bertz CT molecular complexity index is 1300. The van der Waals surface area contributed by atoms with Crippen LogP contribution < -0.4 is 5.73 Å². The molecule has 0 atom stereocenters. The van der Waals surface area contributed by atoms with Crippen molar-refractivity contribution in [2.24, 2.45) is 5.73 Å². The third kappa shape index (κ3) is 8.91. The van der Waals surface area contributed by atoms with E-state index in [-0.39, 0.29) is 5.91 Å². The molecule has 2 amide bonds. The summed E-state index contributed by atoms with van der Waals surface area (Å²) in [6, 6.07) is 22.3. The molecular weight excluding hydrogens is 488 g/mol. The van der Waals surface area contributed by atoms with Crippen molar-refractivity contribution in [2.75, 3.05) is 19.6 Å². The Labute approximate surface area is 231 Å². The number of hydrazine groups is 1. The molecule has 204 valence electrons. The number of hydrogen-bond acceptors (Lipinski definition) is 5. The highest BCUT2D eigenvalue weighted by Gasteiger charge is 2.27. The largest absolute Gasteiger partial charge is 0.366 e. The number of aryl methyl sites for hydroxylation is 1. The molecule has 0 spiro atoms. The number of hydrogen-bond donors (Lipinski definition) is 1. The Morgan fingerprint density at radius 3 is 2.36 bits per heavy atom. The van der Waals surface area contributed by atoms with Crippen molar-refractivity contribution in [2.45, 2.75) is 47.0 Å². The quantitative estimate of drug-likeness (QED) is 0.387. The molecule has 3 aromatic carbocycles. The first-order valence-corrected chi connectivity index (χ1v) is 13.4. The van der Waals surface area contributed by atoms with Gasteiger partial charge in [0.2, 0.25) is 11.8 Å². The summed E-state index contributed by atoms with van der Waals surface area (Å²) in [4.78, 5) is 33.7. The highest BCUT2D eigenvalue weighted by molar-refractivity contribution is 5.94. The molecule has 4 rings (SSSR count). The van der Waals surface area contributed by atoms with Gasteiger partial charge in [-0.05, 0) is 72.4 Å². The number of aldehydes is 1. The molecule has 0 aromatic heterocycles. The first kappa shape index (κ1) is 30.9. The van der Waals surface area contributed by atoms with Gasteiger partial charge in [-0.3, -0.25) is 19.4 Å². The van der Waals surface area contributed by atoms with E-state index in [2.05, 4.69) is 18.0 Å². The maximum Gasteiger partial charge on any atom is 0.248 e. The number of primary amides is 1. The van der Waals surface area contributed by atoms with Gasteiger partial charge in [-0.2, -0.15) is 5.26 Å². The van der Waals surface area contributed by atoms with Crippen LogP contribution in [0.2, 0.25) is 0 Å². The normalized spacial score (nSPS) is 12.5. The Morgan fingerprint density at radius 2 is 1.77 bits per heavy atom. The lowest BCUT2D eigenvalue weighted by molar-refractivity contribution is -0.137. The second kappa shape index (κ2) is 15.9. The maximum absolute atomic E-state index is 11.8. The van der Waals surface area contributed by atoms with Crippen LogP contribution in [0.4, 0.5) is 0 Å². The van der Waals surface area contributed by atoms with Gasteiger partial charge in [-0.1, -0.05) is 57.2 Å². The lowest BCUT2D eigenvalue weighted by atomic mass is 9.97. The third-order valence-electron chi connectivity index (χ3n) is 6.23.